The van der Waals surface area contributed by atoms with Crippen LogP contribution in [0.25, 0.3) is 0 Å². The first kappa shape index (κ1) is 17.7. The van der Waals surface area contributed by atoms with Crippen LogP contribution >= 0.6 is 0 Å². The average Bonchev–Trinajstić information content (AvgIpc) is 3.08. The molecule has 1 saturated carbocycles. The van der Waals surface area contributed by atoms with E-state index in [0.717, 1.165) is 18.4 Å². The number of amides is 2. The van der Waals surface area contributed by atoms with E-state index in [1.165, 1.54) is 12.1 Å². The van der Waals surface area contributed by atoms with Crippen molar-refractivity contribution in [2.24, 2.45) is 5.41 Å². The zero-order valence-electron chi connectivity index (χ0n) is 15.1. The highest BCUT2D eigenvalue weighted by Gasteiger charge is 2.51. The Balaban J connectivity index is 1.28. The molecule has 0 radical (unpaired) electrons. The van der Waals surface area contributed by atoms with Crippen molar-refractivity contribution >= 4 is 11.8 Å². The van der Waals surface area contributed by atoms with Gasteiger partial charge in [0.2, 0.25) is 11.8 Å². The summed E-state index contributed by atoms with van der Waals surface area (Å²) < 4.78 is 14.8. The third kappa shape index (κ3) is 4.02. The van der Waals surface area contributed by atoms with Crippen LogP contribution < -0.4 is 5.32 Å². The van der Waals surface area contributed by atoms with Crippen molar-refractivity contribution in [2.45, 2.75) is 38.3 Å². The second kappa shape index (κ2) is 7.13. The molecule has 0 bridgehead atoms. The van der Waals surface area contributed by atoms with Crippen molar-refractivity contribution in [3.63, 3.8) is 0 Å². The summed E-state index contributed by atoms with van der Waals surface area (Å²) in [6, 6.07) is 8.04. The van der Waals surface area contributed by atoms with Crippen molar-refractivity contribution in [1.29, 1.82) is 0 Å². The van der Waals surface area contributed by atoms with Gasteiger partial charge in [-0.3, -0.25) is 14.3 Å². The lowest BCUT2D eigenvalue weighted by molar-refractivity contribution is -0.127. The summed E-state index contributed by atoms with van der Waals surface area (Å²) >= 11 is 0. The summed E-state index contributed by atoms with van der Waals surface area (Å²) in [5, 5.41) is 7.26. The van der Waals surface area contributed by atoms with E-state index in [1.807, 2.05) is 12.3 Å². The highest BCUT2D eigenvalue weighted by atomic mass is 19.1. The monoisotopic (exact) mass is 370 g/mol. The van der Waals surface area contributed by atoms with Crippen molar-refractivity contribution < 1.29 is 14.0 Å². The Morgan fingerprint density at radius 3 is 2.74 bits per heavy atom. The number of carbonyl (C=O) groups excluding carboxylic acids is 2. The Morgan fingerprint density at radius 2 is 2.07 bits per heavy atom. The molecule has 2 fully saturated rings. The van der Waals surface area contributed by atoms with Crippen LogP contribution in [0.1, 0.15) is 24.8 Å². The molecule has 1 aromatic heterocycles. The number of nitrogens with zero attached hydrogens (tertiary/aromatic N) is 3. The van der Waals surface area contributed by atoms with Gasteiger partial charge in [0.15, 0.2) is 0 Å². The van der Waals surface area contributed by atoms with Crippen LogP contribution in [0.2, 0.25) is 0 Å². The predicted molar refractivity (Wildman–Crippen MR) is 97.1 cm³/mol. The highest BCUT2D eigenvalue weighted by molar-refractivity contribution is 5.87. The molecule has 2 aliphatic rings. The summed E-state index contributed by atoms with van der Waals surface area (Å²) in [6.07, 6.45) is 6.30. The Hall–Kier alpha value is -2.70. The molecular formula is C20H23FN4O2. The molecule has 1 aromatic carbocycles. The fourth-order valence-corrected chi connectivity index (χ4v) is 3.65. The zero-order chi connectivity index (χ0) is 18.9. The van der Waals surface area contributed by atoms with Gasteiger partial charge >= 0.3 is 0 Å². The van der Waals surface area contributed by atoms with Gasteiger partial charge in [0.25, 0.3) is 0 Å². The topological polar surface area (TPSA) is 67.2 Å². The third-order valence-electron chi connectivity index (χ3n) is 5.49. The quantitative estimate of drug-likeness (QED) is 0.808. The van der Waals surface area contributed by atoms with Gasteiger partial charge in [-0.1, -0.05) is 12.1 Å². The SMILES string of the molecule is O=C1C[C@@H](NC(=O)C2(Cn3cccn3)CC2)CN1CCc1ccc(F)cc1. The van der Waals surface area contributed by atoms with E-state index in [0.29, 0.717) is 32.5 Å². The molecule has 1 atom stereocenters. The number of benzene rings is 1. The lowest BCUT2D eigenvalue weighted by Gasteiger charge is -2.20. The molecule has 2 aromatic rings. The number of likely N-dealkylation sites (tertiary alicyclic amines) is 1. The van der Waals surface area contributed by atoms with Crippen LogP contribution in [0, 0.1) is 11.2 Å². The number of carbonyl (C=O) groups is 2. The van der Waals surface area contributed by atoms with Gasteiger partial charge in [0, 0.05) is 31.9 Å². The van der Waals surface area contributed by atoms with Crippen LogP contribution in [0.5, 0.6) is 0 Å². The largest absolute Gasteiger partial charge is 0.351 e. The molecule has 2 heterocycles. The summed E-state index contributed by atoms with van der Waals surface area (Å²) in [7, 11) is 0. The summed E-state index contributed by atoms with van der Waals surface area (Å²) in [6.45, 7) is 1.69. The molecule has 0 unspecified atom stereocenters. The van der Waals surface area contributed by atoms with Gasteiger partial charge in [-0.2, -0.15) is 5.10 Å². The van der Waals surface area contributed by atoms with E-state index >= 15 is 0 Å². The predicted octanol–water partition coefficient (Wildman–Crippen LogP) is 1.76. The fraction of sp³-hybridized carbons (Fsp3) is 0.450. The molecule has 7 heteroatoms. The molecule has 0 spiro atoms. The van der Waals surface area contributed by atoms with E-state index in [9.17, 15) is 14.0 Å². The van der Waals surface area contributed by atoms with Crippen LogP contribution in [-0.2, 0) is 22.6 Å². The summed E-state index contributed by atoms with van der Waals surface area (Å²) in [5.74, 6) is -0.182. The van der Waals surface area contributed by atoms with Gasteiger partial charge in [0.1, 0.15) is 5.82 Å². The number of nitrogens with one attached hydrogen (secondary N) is 1. The molecular weight excluding hydrogens is 347 g/mol. The number of rotatable bonds is 7. The van der Waals surface area contributed by atoms with E-state index < -0.39 is 0 Å². The van der Waals surface area contributed by atoms with Crippen molar-refractivity contribution in [3.8, 4) is 0 Å². The van der Waals surface area contributed by atoms with Crippen molar-refractivity contribution in [1.82, 2.24) is 20.0 Å². The van der Waals surface area contributed by atoms with Gasteiger partial charge in [0.05, 0.1) is 18.0 Å². The Kier molecular flexibility index (Phi) is 4.68. The maximum absolute atomic E-state index is 13.0. The molecule has 1 N–H and O–H groups in total. The molecule has 1 aliphatic carbocycles. The first-order chi connectivity index (χ1) is 13.0. The lowest BCUT2D eigenvalue weighted by atomic mass is 10.1. The van der Waals surface area contributed by atoms with E-state index in [2.05, 4.69) is 10.4 Å². The number of halogens is 1. The minimum atomic E-state index is -0.378. The lowest BCUT2D eigenvalue weighted by Crippen LogP contribution is -2.42. The van der Waals surface area contributed by atoms with Crippen LogP contribution in [0.3, 0.4) is 0 Å². The summed E-state index contributed by atoms with van der Waals surface area (Å²) in [5.41, 5.74) is 0.615. The maximum atomic E-state index is 13.0. The maximum Gasteiger partial charge on any atom is 0.228 e. The summed E-state index contributed by atoms with van der Waals surface area (Å²) in [4.78, 5) is 26.8. The highest BCUT2D eigenvalue weighted by Crippen LogP contribution is 2.47. The molecule has 1 aliphatic heterocycles. The Bertz CT molecular complexity index is 815. The molecule has 4 rings (SSSR count). The third-order valence-corrected chi connectivity index (χ3v) is 5.49. The van der Waals surface area contributed by atoms with Crippen molar-refractivity contribution in [2.75, 3.05) is 13.1 Å². The molecule has 142 valence electrons. The molecule has 2 amide bonds. The number of aromatic nitrogens is 2. The first-order valence-electron chi connectivity index (χ1n) is 9.35. The van der Waals surface area contributed by atoms with Gasteiger partial charge in [-0.05, 0) is 43.0 Å². The molecule has 1 saturated heterocycles. The Labute approximate surface area is 157 Å². The number of hydrogen-bond donors (Lipinski definition) is 1. The molecule has 27 heavy (non-hydrogen) atoms. The first-order valence-corrected chi connectivity index (χ1v) is 9.35. The van der Waals surface area contributed by atoms with Crippen molar-refractivity contribution in [3.05, 3.63) is 54.1 Å². The van der Waals surface area contributed by atoms with Crippen LogP contribution in [-0.4, -0.2) is 45.6 Å². The smallest absolute Gasteiger partial charge is 0.228 e. The standard InChI is InChI=1S/C20H23FN4O2/c21-16-4-2-15(3-5-16)6-11-24-13-17(12-18(24)26)23-19(27)20(7-8-20)14-25-10-1-9-22-25/h1-5,9-10,17H,6-8,11-14H2,(H,23,27)/t17-/m1/s1. The minimum Gasteiger partial charge on any atom is -0.351 e. The van der Waals surface area contributed by atoms with E-state index in [1.54, 1.807) is 27.9 Å². The minimum absolute atomic E-state index is 0.0242. The van der Waals surface area contributed by atoms with E-state index in [4.69, 9.17) is 0 Å². The van der Waals surface area contributed by atoms with Crippen LogP contribution in [0.4, 0.5) is 4.39 Å². The van der Waals surface area contributed by atoms with Gasteiger partial charge in [-0.25, -0.2) is 4.39 Å². The normalized spacial score (nSPS) is 20.7. The van der Waals surface area contributed by atoms with Gasteiger partial charge in [-0.15, -0.1) is 0 Å². The van der Waals surface area contributed by atoms with E-state index in [-0.39, 0.29) is 29.1 Å². The fourth-order valence-electron chi connectivity index (χ4n) is 3.65. The average molecular weight is 370 g/mol. The zero-order valence-corrected chi connectivity index (χ0v) is 15.1. The van der Waals surface area contributed by atoms with Crippen LogP contribution in [0.15, 0.2) is 42.7 Å². The molecule has 6 nitrogen and oxygen atoms in total. The number of hydrogen-bond acceptors (Lipinski definition) is 3. The second-order valence-corrected chi connectivity index (χ2v) is 7.57. The van der Waals surface area contributed by atoms with Gasteiger partial charge < -0.3 is 10.2 Å². The Morgan fingerprint density at radius 1 is 1.30 bits per heavy atom. The second-order valence-electron chi connectivity index (χ2n) is 7.57.